The Hall–Kier alpha value is -2.11. The van der Waals surface area contributed by atoms with Crippen LogP contribution in [-0.4, -0.2) is 32.0 Å². The van der Waals surface area contributed by atoms with Gasteiger partial charge in [0, 0.05) is 6.54 Å². The fraction of sp³-hybridized carbons (Fsp3) is 0.458. The molecule has 0 saturated carbocycles. The second-order valence-electron chi connectivity index (χ2n) is 9.35. The van der Waals surface area contributed by atoms with Crippen LogP contribution in [0.1, 0.15) is 44.4 Å². The van der Waals surface area contributed by atoms with Crippen LogP contribution in [0.15, 0.2) is 60.7 Å². The van der Waals surface area contributed by atoms with Gasteiger partial charge in [-0.05, 0) is 35.7 Å². The van der Waals surface area contributed by atoms with Crippen molar-refractivity contribution < 1.29 is 14.0 Å². The largest absolute Gasteiger partial charge is 0.445 e. The summed E-state index contributed by atoms with van der Waals surface area (Å²) in [7, 11) is -1.91. The topological polar surface area (TPSA) is 38.8 Å². The molecule has 156 valence electrons. The Bertz CT molecular complexity index is 802. The first kappa shape index (κ1) is 21.6. The zero-order valence-corrected chi connectivity index (χ0v) is 19.2. The molecule has 0 bridgehead atoms. The highest BCUT2D eigenvalue weighted by atomic mass is 28.4. The maximum Gasteiger partial charge on any atom is 0.410 e. The highest BCUT2D eigenvalue weighted by Crippen LogP contribution is 2.41. The fourth-order valence-corrected chi connectivity index (χ4v) is 4.83. The quantitative estimate of drug-likeness (QED) is 0.553. The second-order valence-corrected chi connectivity index (χ2v) is 14.1. The summed E-state index contributed by atoms with van der Waals surface area (Å²) in [4.78, 5) is 14.8. The van der Waals surface area contributed by atoms with Crippen molar-refractivity contribution in [3.05, 3.63) is 71.8 Å². The lowest BCUT2D eigenvalue weighted by molar-refractivity contribution is 0.0882. The number of nitrogens with zero attached hydrogens (tertiary/aromatic N) is 1. The molecule has 4 nitrogen and oxygen atoms in total. The molecule has 1 fully saturated rings. The zero-order valence-electron chi connectivity index (χ0n) is 18.2. The van der Waals surface area contributed by atoms with Gasteiger partial charge in [-0.15, -0.1) is 0 Å². The van der Waals surface area contributed by atoms with Gasteiger partial charge in [-0.3, -0.25) is 4.90 Å². The van der Waals surface area contributed by atoms with Crippen LogP contribution in [0.3, 0.4) is 0 Å². The number of carbonyl (C=O) groups excluding carboxylic acids is 1. The van der Waals surface area contributed by atoms with Crippen LogP contribution >= 0.6 is 0 Å². The first-order valence-electron chi connectivity index (χ1n) is 10.4. The predicted molar refractivity (Wildman–Crippen MR) is 119 cm³/mol. The van der Waals surface area contributed by atoms with Crippen molar-refractivity contribution in [2.45, 2.75) is 64.1 Å². The molecule has 1 aliphatic rings. The summed E-state index contributed by atoms with van der Waals surface area (Å²) in [6.45, 7) is 12.1. The lowest BCUT2D eigenvalue weighted by Gasteiger charge is -2.38. The van der Waals surface area contributed by atoms with Crippen LogP contribution in [0, 0.1) is 0 Å². The molecule has 0 unspecified atom stereocenters. The standard InChI is InChI=1S/C24H33NO3Si/c1-24(2,3)29(4,5)28-21-16-22(20-14-10-7-11-15-20)25(17-21)23(26)27-18-19-12-8-6-9-13-19/h6-15,21-22H,16-18H2,1-5H3/t21-,22-/m1/s1. The normalized spacial score (nSPS) is 20.0. The summed E-state index contributed by atoms with van der Waals surface area (Å²) in [5.41, 5.74) is 2.12. The van der Waals surface area contributed by atoms with Gasteiger partial charge in [0.2, 0.25) is 0 Å². The molecule has 2 aromatic carbocycles. The van der Waals surface area contributed by atoms with Crippen LogP contribution in [0.25, 0.3) is 0 Å². The molecule has 1 heterocycles. The molecule has 3 rings (SSSR count). The van der Waals surface area contributed by atoms with E-state index in [9.17, 15) is 4.79 Å². The van der Waals surface area contributed by atoms with Crippen molar-refractivity contribution in [1.29, 1.82) is 0 Å². The van der Waals surface area contributed by atoms with Gasteiger partial charge >= 0.3 is 6.09 Å². The Labute approximate surface area is 176 Å². The average Bonchev–Trinajstić information content (AvgIpc) is 3.10. The summed E-state index contributed by atoms with van der Waals surface area (Å²) in [5, 5.41) is 0.135. The van der Waals surface area contributed by atoms with E-state index in [0.717, 1.165) is 17.5 Å². The van der Waals surface area contributed by atoms with Crippen LogP contribution in [-0.2, 0) is 15.8 Å². The Morgan fingerprint density at radius 3 is 2.21 bits per heavy atom. The summed E-state index contributed by atoms with van der Waals surface area (Å²) in [5.74, 6) is 0. The van der Waals surface area contributed by atoms with Gasteiger partial charge in [0.25, 0.3) is 0 Å². The van der Waals surface area contributed by atoms with E-state index in [1.165, 1.54) is 0 Å². The van der Waals surface area contributed by atoms with Crippen molar-refractivity contribution in [3.8, 4) is 0 Å². The molecule has 1 amide bonds. The molecule has 0 aromatic heterocycles. The number of hydrogen-bond donors (Lipinski definition) is 0. The maximum absolute atomic E-state index is 13.0. The number of carbonyl (C=O) groups is 1. The first-order valence-corrected chi connectivity index (χ1v) is 13.3. The van der Waals surface area contributed by atoms with E-state index in [4.69, 9.17) is 9.16 Å². The Morgan fingerprint density at radius 1 is 1.03 bits per heavy atom. The average molecular weight is 412 g/mol. The first-order chi connectivity index (χ1) is 13.7. The molecule has 0 N–H and O–H groups in total. The number of benzene rings is 2. The SMILES string of the molecule is CC(C)(C)[Si](C)(C)O[C@@H]1C[C@H](c2ccccc2)N(C(=O)OCc2ccccc2)C1. The van der Waals surface area contributed by atoms with Gasteiger partial charge in [0.1, 0.15) is 6.61 Å². The molecular formula is C24H33NO3Si. The van der Waals surface area contributed by atoms with Crippen LogP contribution in [0.2, 0.25) is 18.1 Å². The molecule has 1 saturated heterocycles. The van der Waals surface area contributed by atoms with Crippen molar-refractivity contribution >= 4 is 14.4 Å². The number of hydrogen-bond acceptors (Lipinski definition) is 3. The van der Waals surface area contributed by atoms with Gasteiger partial charge in [0.05, 0.1) is 12.1 Å². The van der Waals surface area contributed by atoms with Crippen molar-refractivity contribution in [2.24, 2.45) is 0 Å². The third kappa shape index (κ3) is 5.28. The third-order valence-corrected chi connectivity index (χ3v) is 10.7. The van der Waals surface area contributed by atoms with Gasteiger partial charge in [0.15, 0.2) is 8.32 Å². The van der Waals surface area contributed by atoms with E-state index in [-0.39, 0.29) is 29.9 Å². The van der Waals surface area contributed by atoms with Crippen molar-refractivity contribution in [1.82, 2.24) is 4.90 Å². The molecule has 5 heteroatoms. The van der Waals surface area contributed by atoms with Gasteiger partial charge in [-0.1, -0.05) is 81.4 Å². The van der Waals surface area contributed by atoms with Crippen LogP contribution in [0.4, 0.5) is 4.79 Å². The smallest absolute Gasteiger partial charge is 0.410 e. The molecule has 29 heavy (non-hydrogen) atoms. The molecule has 1 aliphatic heterocycles. The molecule has 0 spiro atoms. The Morgan fingerprint density at radius 2 is 1.62 bits per heavy atom. The van der Waals surface area contributed by atoms with Crippen LogP contribution < -0.4 is 0 Å². The predicted octanol–water partition coefficient (Wildman–Crippen LogP) is 6.16. The Balaban J connectivity index is 1.74. The van der Waals surface area contributed by atoms with Crippen molar-refractivity contribution in [2.75, 3.05) is 6.54 Å². The van der Waals surface area contributed by atoms with E-state index in [2.05, 4.69) is 46.0 Å². The summed E-state index contributed by atoms with van der Waals surface area (Å²) in [6, 6.07) is 20.0. The molecule has 2 atom stereocenters. The molecule has 0 aliphatic carbocycles. The number of likely N-dealkylation sites (tertiary alicyclic amines) is 1. The monoisotopic (exact) mass is 411 g/mol. The van der Waals surface area contributed by atoms with Gasteiger partial charge in [-0.25, -0.2) is 4.79 Å². The fourth-order valence-electron chi connectivity index (χ4n) is 3.47. The van der Waals surface area contributed by atoms with E-state index in [1.54, 1.807) is 0 Å². The van der Waals surface area contributed by atoms with Crippen molar-refractivity contribution in [3.63, 3.8) is 0 Å². The third-order valence-electron chi connectivity index (χ3n) is 6.15. The highest BCUT2D eigenvalue weighted by Gasteiger charge is 2.44. The van der Waals surface area contributed by atoms with E-state index in [0.29, 0.717) is 6.54 Å². The summed E-state index contributed by atoms with van der Waals surface area (Å²) in [6.07, 6.45) is 0.561. The van der Waals surface area contributed by atoms with Gasteiger partial charge in [-0.2, -0.15) is 0 Å². The summed E-state index contributed by atoms with van der Waals surface area (Å²) >= 11 is 0. The lowest BCUT2D eigenvalue weighted by Crippen LogP contribution is -2.44. The number of ether oxygens (including phenoxy) is 1. The molecule has 0 radical (unpaired) electrons. The minimum atomic E-state index is -1.91. The van der Waals surface area contributed by atoms with Gasteiger partial charge < -0.3 is 9.16 Å². The van der Waals surface area contributed by atoms with E-state index < -0.39 is 8.32 Å². The minimum Gasteiger partial charge on any atom is -0.445 e. The van der Waals surface area contributed by atoms with E-state index in [1.807, 2.05) is 53.4 Å². The molecular weight excluding hydrogens is 378 g/mol. The molecule has 2 aromatic rings. The summed E-state index contributed by atoms with van der Waals surface area (Å²) < 4.78 is 12.3. The minimum absolute atomic E-state index is 0.0192. The second kappa shape index (κ2) is 8.72. The lowest BCUT2D eigenvalue weighted by atomic mass is 10.0. The maximum atomic E-state index is 13.0. The zero-order chi connectivity index (χ0) is 21.1. The van der Waals surface area contributed by atoms with E-state index >= 15 is 0 Å². The van der Waals surface area contributed by atoms with Crippen LogP contribution in [0.5, 0.6) is 0 Å². The highest BCUT2D eigenvalue weighted by molar-refractivity contribution is 6.74. The number of rotatable bonds is 5. The number of amides is 1. The Kier molecular flexibility index (Phi) is 6.49.